The molecule has 144 valence electrons. The Hall–Kier alpha value is -2.27. The SMILES string of the molecule is CCC(C)NC(=O)c1ccc(NC(=O)C(C)SCc2ccccc2)c(C)c1. The van der Waals surface area contributed by atoms with Crippen LogP contribution in [0.3, 0.4) is 0 Å². The van der Waals surface area contributed by atoms with E-state index in [4.69, 9.17) is 0 Å². The summed E-state index contributed by atoms with van der Waals surface area (Å²) in [5.41, 5.74) is 3.43. The Labute approximate surface area is 166 Å². The smallest absolute Gasteiger partial charge is 0.251 e. The third-order valence-corrected chi connectivity index (χ3v) is 5.66. The molecule has 2 aromatic rings. The predicted octanol–water partition coefficient (Wildman–Crippen LogP) is 4.78. The summed E-state index contributed by atoms with van der Waals surface area (Å²) in [6.45, 7) is 7.82. The Balaban J connectivity index is 1.93. The molecule has 0 fully saturated rings. The van der Waals surface area contributed by atoms with Gasteiger partial charge in [-0.25, -0.2) is 0 Å². The minimum absolute atomic E-state index is 0.0316. The van der Waals surface area contributed by atoms with Gasteiger partial charge in [0.2, 0.25) is 5.91 Å². The van der Waals surface area contributed by atoms with Gasteiger partial charge in [0, 0.05) is 23.0 Å². The molecule has 0 aliphatic rings. The zero-order chi connectivity index (χ0) is 19.8. The summed E-state index contributed by atoms with van der Waals surface area (Å²) in [5.74, 6) is 0.677. The van der Waals surface area contributed by atoms with Crippen molar-refractivity contribution in [2.75, 3.05) is 5.32 Å². The highest BCUT2D eigenvalue weighted by Gasteiger charge is 2.16. The van der Waals surface area contributed by atoms with Gasteiger partial charge in [0.25, 0.3) is 5.91 Å². The van der Waals surface area contributed by atoms with E-state index in [1.807, 2.05) is 52.0 Å². The third-order valence-electron chi connectivity index (χ3n) is 4.45. The maximum Gasteiger partial charge on any atom is 0.251 e. The highest BCUT2D eigenvalue weighted by molar-refractivity contribution is 7.99. The van der Waals surface area contributed by atoms with E-state index >= 15 is 0 Å². The van der Waals surface area contributed by atoms with E-state index in [0.29, 0.717) is 5.56 Å². The summed E-state index contributed by atoms with van der Waals surface area (Å²) in [7, 11) is 0. The van der Waals surface area contributed by atoms with Gasteiger partial charge in [-0.15, -0.1) is 11.8 Å². The number of aryl methyl sites for hydroxylation is 1. The molecule has 2 unspecified atom stereocenters. The number of carbonyl (C=O) groups is 2. The van der Waals surface area contributed by atoms with Crippen LogP contribution in [0.4, 0.5) is 5.69 Å². The summed E-state index contributed by atoms with van der Waals surface area (Å²) < 4.78 is 0. The van der Waals surface area contributed by atoms with Crippen molar-refractivity contribution >= 4 is 29.3 Å². The maximum atomic E-state index is 12.5. The molecular weight excluding hydrogens is 356 g/mol. The highest BCUT2D eigenvalue weighted by Crippen LogP contribution is 2.21. The largest absolute Gasteiger partial charge is 0.350 e. The van der Waals surface area contributed by atoms with Crippen LogP contribution in [0.5, 0.6) is 0 Å². The Kier molecular flexibility index (Phi) is 7.92. The van der Waals surface area contributed by atoms with E-state index in [1.54, 1.807) is 23.9 Å². The monoisotopic (exact) mass is 384 g/mol. The lowest BCUT2D eigenvalue weighted by Gasteiger charge is -2.15. The first kappa shape index (κ1) is 21.0. The van der Waals surface area contributed by atoms with Gasteiger partial charge in [-0.1, -0.05) is 37.3 Å². The Morgan fingerprint density at radius 2 is 1.78 bits per heavy atom. The molecule has 0 saturated heterocycles. The van der Waals surface area contributed by atoms with Gasteiger partial charge >= 0.3 is 0 Å². The van der Waals surface area contributed by atoms with Crippen molar-refractivity contribution in [2.24, 2.45) is 0 Å². The quantitative estimate of drug-likeness (QED) is 0.688. The molecule has 0 saturated carbocycles. The number of anilines is 1. The van der Waals surface area contributed by atoms with Crippen molar-refractivity contribution in [3.63, 3.8) is 0 Å². The molecule has 5 heteroatoms. The van der Waals surface area contributed by atoms with Gasteiger partial charge in [-0.05, 0) is 56.5 Å². The van der Waals surface area contributed by atoms with E-state index in [2.05, 4.69) is 22.8 Å². The van der Waals surface area contributed by atoms with Crippen LogP contribution in [0.1, 0.15) is 48.7 Å². The molecule has 2 rings (SSSR count). The third kappa shape index (κ3) is 6.43. The van der Waals surface area contributed by atoms with Crippen LogP contribution in [0.15, 0.2) is 48.5 Å². The number of benzene rings is 2. The molecule has 0 aromatic heterocycles. The zero-order valence-electron chi connectivity index (χ0n) is 16.4. The van der Waals surface area contributed by atoms with E-state index in [-0.39, 0.29) is 23.1 Å². The molecule has 2 amide bonds. The summed E-state index contributed by atoms with van der Waals surface area (Å²) in [4.78, 5) is 24.7. The zero-order valence-corrected chi connectivity index (χ0v) is 17.2. The first-order chi connectivity index (χ1) is 12.9. The molecule has 0 spiro atoms. The first-order valence-electron chi connectivity index (χ1n) is 9.28. The first-order valence-corrected chi connectivity index (χ1v) is 10.3. The molecule has 2 atom stereocenters. The van der Waals surface area contributed by atoms with Gasteiger partial charge < -0.3 is 10.6 Å². The van der Waals surface area contributed by atoms with Gasteiger partial charge in [-0.3, -0.25) is 9.59 Å². The number of hydrogen-bond acceptors (Lipinski definition) is 3. The van der Waals surface area contributed by atoms with Crippen LogP contribution in [0.25, 0.3) is 0 Å². The second-order valence-corrected chi connectivity index (χ2v) is 8.07. The van der Waals surface area contributed by atoms with Crippen molar-refractivity contribution in [2.45, 2.75) is 51.2 Å². The number of thioether (sulfide) groups is 1. The van der Waals surface area contributed by atoms with E-state index in [1.165, 1.54) is 5.56 Å². The minimum Gasteiger partial charge on any atom is -0.350 e. The fourth-order valence-electron chi connectivity index (χ4n) is 2.46. The average Bonchev–Trinajstić information content (AvgIpc) is 2.68. The number of carbonyl (C=O) groups excluding carboxylic acids is 2. The maximum absolute atomic E-state index is 12.5. The molecule has 2 N–H and O–H groups in total. The fourth-order valence-corrected chi connectivity index (χ4v) is 3.31. The van der Waals surface area contributed by atoms with Crippen LogP contribution in [-0.2, 0) is 10.5 Å². The molecule has 2 aromatic carbocycles. The number of hydrogen-bond donors (Lipinski definition) is 2. The number of amides is 2. The summed E-state index contributed by atoms with van der Waals surface area (Å²) in [6.07, 6.45) is 0.886. The second kappa shape index (κ2) is 10.2. The number of rotatable bonds is 8. The lowest BCUT2D eigenvalue weighted by atomic mass is 10.1. The second-order valence-electron chi connectivity index (χ2n) is 6.74. The van der Waals surface area contributed by atoms with Crippen molar-refractivity contribution in [1.29, 1.82) is 0 Å². The van der Waals surface area contributed by atoms with Gasteiger partial charge in [-0.2, -0.15) is 0 Å². The van der Waals surface area contributed by atoms with E-state index in [9.17, 15) is 9.59 Å². The topological polar surface area (TPSA) is 58.2 Å². The van der Waals surface area contributed by atoms with Crippen LogP contribution in [-0.4, -0.2) is 23.1 Å². The van der Waals surface area contributed by atoms with Crippen LogP contribution in [0.2, 0.25) is 0 Å². The normalized spacial score (nSPS) is 12.9. The fraction of sp³-hybridized carbons (Fsp3) is 0.364. The summed E-state index contributed by atoms with van der Waals surface area (Å²) in [5, 5.41) is 5.76. The molecule has 0 radical (unpaired) electrons. The molecular formula is C22H28N2O2S. The molecule has 4 nitrogen and oxygen atoms in total. The molecule has 0 aliphatic heterocycles. The predicted molar refractivity (Wildman–Crippen MR) is 114 cm³/mol. The van der Waals surface area contributed by atoms with Crippen molar-refractivity contribution < 1.29 is 9.59 Å². The lowest BCUT2D eigenvalue weighted by Crippen LogP contribution is -2.32. The van der Waals surface area contributed by atoms with Crippen LogP contribution < -0.4 is 10.6 Å². The van der Waals surface area contributed by atoms with Crippen molar-refractivity contribution in [3.8, 4) is 0 Å². The van der Waals surface area contributed by atoms with E-state index < -0.39 is 0 Å². The minimum atomic E-state index is -0.169. The molecule has 0 aliphatic carbocycles. The Bertz CT molecular complexity index is 777. The van der Waals surface area contributed by atoms with Crippen molar-refractivity contribution in [1.82, 2.24) is 5.32 Å². The molecule has 0 bridgehead atoms. The van der Waals surface area contributed by atoms with Gasteiger partial charge in [0.05, 0.1) is 5.25 Å². The van der Waals surface area contributed by atoms with Crippen LogP contribution in [0, 0.1) is 6.92 Å². The number of nitrogens with one attached hydrogen (secondary N) is 2. The highest BCUT2D eigenvalue weighted by atomic mass is 32.2. The summed E-state index contributed by atoms with van der Waals surface area (Å²) >= 11 is 1.60. The van der Waals surface area contributed by atoms with Gasteiger partial charge in [0.15, 0.2) is 0 Å². The Morgan fingerprint density at radius 1 is 1.07 bits per heavy atom. The average molecular weight is 385 g/mol. The molecule has 0 heterocycles. The van der Waals surface area contributed by atoms with Crippen LogP contribution >= 0.6 is 11.8 Å². The van der Waals surface area contributed by atoms with Gasteiger partial charge in [0.1, 0.15) is 0 Å². The standard InChI is InChI=1S/C22H28N2O2S/c1-5-16(3)23-22(26)19-11-12-20(15(2)13-19)24-21(25)17(4)27-14-18-9-7-6-8-10-18/h6-13,16-17H,5,14H2,1-4H3,(H,23,26)(H,24,25). The lowest BCUT2D eigenvalue weighted by molar-refractivity contribution is -0.115. The van der Waals surface area contributed by atoms with Crippen molar-refractivity contribution in [3.05, 3.63) is 65.2 Å². The molecule has 27 heavy (non-hydrogen) atoms. The summed E-state index contributed by atoms with van der Waals surface area (Å²) in [6, 6.07) is 15.6. The Morgan fingerprint density at radius 3 is 2.41 bits per heavy atom. The van der Waals surface area contributed by atoms with E-state index in [0.717, 1.165) is 23.4 Å².